The van der Waals surface area contributed by atoms with E-state index in [1.807, 2.05) is 44.2 Å². The van der Waals surface area contributed by atoms with E-state index in [1.165, 1.54) is 24.3 Å². The van der Waals surface area contributed by atoms with Crippen molar-refractivity contribution in [3.05, 3.63) is 87.7 Å². The van der Waals surface area contributed by atoms with Gasteiger partial charge in [0, 0.05) is 24.0 Å². The van der Waals surface area contributed by atoms with Crippen molar-refractivity contribution in [2.75, 3.05) is 0 Å². The third-order valence-electron chi connectivity index (χ3n) is 7.25. The van der Waals surface area contributed by atoms with Crippen molar-refractivity contribution in [3.8, 4) is 0 Å². The second-order valence-corrected chi connectivity index (χ2v) is 10.6. The molecule has 0 unspecified atom stereocenters. The van der Waals surface area contributed by atoms with Crippen LogP contribution in [0.4, 0.5) is 5.69 Å². The number of carbonyl (C=O) groups excluding carboxylic acids is 3. The maximum atomic E-state index is 13.8. The van der Waals surface area contributed by atoms with Crippen molar-refractivity contribution in [1.82, 2.24) is 0 Å². The summed E-state index contributed by atoms with van der Waals surface area (Å²) in [6, 6.07) is 14.7. The van der Waals surface area contributed by atoms with E-state index >= 15 is 0 Å². The minimum atomic E-state index is -0.782. The van der Waals surface area contributed by atoms with Crippen LogP contribution >= 0.6 is 0 Å². The molecule has 0 fully saturated rings. The first-order chi connectivity index (χ1) is 19.3. The van der Waals surface area contributed by atoms with Crippen LogP contribution in [0.25, 0.3) is 0 Å². The van der Waals surface area contributed by atoms with Crippen LogP contribution in [0.3, 0.4) is 0 Å². The summed E-state index contributed by atoms with van der Waals surface area (Å²) in [4.78, 5) is 49.2. The number of nitrogens with zero attached hydrogens (tertiary/aromatic N) is 1. The lowest BCUT2D eigenvalue weighted by Crippen LogP contribution is -2.41. The molecule has 9 heteroatoms. The fraction of sp³-hybridized carbons (Fsp3) is 0.469. The van der Waals surface area contributed by atoms with Gasteiger partial charge in [-0.15, -0.1) is 0 Å². The largest absolute Gasteiger partial charge is 0.458 e. The van der Waals surface area contributed by atoms with E-state index in [0.717, 1.165) is 5.56 Å². The molecule has 0 bridgehead atoms. The number of Topliss-reactive ketones (excluding diaryl/α,β-unsaturated/α-hetero) is 1. The van der Waals surface area contributed by atoms with Crippen LogP contribution in [-0.2, 0) is 23.8 Å². The molecule has 222 valence electrons. The van der Waals surface area contributed by atoms with Crippen LogP contribution in [0.15, 0.2) is 66.4 Å². The molecule has 0 amide bonds. The first-order valence-corrected chi connectivity index (χ1v) is 13.9. The Balaban J connectivity index is 2.26. The lowest BCUT2D eigenvalue weighted by Gasteiger charge is -2.34. The third-order valence-corrected chi connectivity index (χ3v) is 7.25. The van der Waals surface area contributed by atoms with Crippen molar-refractivity contribution >= 4 is 23.4 Å². The normalized spacial score (nSPS) is 16.2. The number of non-ortho nitro benzene ring substituents is 1. The van der Waals surface area contributed by atoms with Crippen LogP contribution in [0, 0.1) is 33.8 Å². The first kappa shape index (κ1) is 33.4. The topological polar surface area (TPSA) is 122 Å². The van der Waals surface area contributed by atoms with Gasteiger partial charge in [-0.1, -0.05) is 65.0 Å². The Morgan fingerprint density at radius 2 is 1.41 bits per heavy atom. The minimum Gasteiger partial charge on any atom is -0.458 e. The van der Waals surface area contributed by atoms with E-state index in [0.29, 0.717) is 5.76 Å². The number of rotatable bonds is 14. The van der Waals surface area contributed by atoms with Gasteiger partial charge in [-0.3, -0.25) is 19.7 Å². The smallest absolute Gasteiger partial charge is 0.338 e. The van der Waals surface area contributed by atoms with Gasteiger partial charge in [-0.2, -0.15) is 0 Å². The number of esters is 2. The van der Waals surface area contributed by atoms with E-state index in [4.69, 9.17) is 14.2 Å². The van der Waals surface area contributed by atoms with Gasteiger partial charge in [0.25, 0.3) is 5.69 Å². The molecule has 0 aliphatic heterocycles. The first-order valence-electron chi connectivity index (χ1n) is 13.9. The number of ether oxygens (including phenoxy) is 3. The summed E-state index contributed by atoms with van der Waals surface area (Å²) in [6.45, 7) is 14.1. The SMILES string of the molecule is C/C=C(\OC(=O)C(C)C)[C@@H](C)[C@@H](O[C@@H](C)c1ccccc1)[C@H](C)C(=O)[C@@H](C)[C@H](C)OC(=O)c1ccc([N+](=O)[O-])cc1. The third kappa shape index (κ3) is 9.08. The predicted molar refractivity (Wildman–Crippen MR) is 155 cm³/mol. The second-order valence-electron chi connectivity index (χ2n) is 10.6. The molecule has 0 saturated carbocycles. The number of allylic oxidation sites excluding steroid dienone is 1. The number of ketones is 1. The highest BCUT2D eigenvalue weighted by Crippen LogP contribution is 2.32. The molecule has 2 aromatic rings. The molecular weight excluding hydrogens is 526 g/mol. The van der Waals surface area contributed by atoms with Gasteiger partial charge in [-0.05, 0) is 44.5 Å². The molecular formula is C32H41NO8. The lowest BCUT2D eigenvalue weighted by atomic mass is 9.82. The zero-order chi connectivity index (χ0) is 30.9. The molecule has 0 heterocycles. The molecule has 0 aromatic heterocycles. The molecule has 6 atom stereocenters. The molecule has 0 aliphatic rings. The minimum absolute atomic E-state index is 0.142. The highest BCUT2D eigenvalue weighted by Gasteiger charge is 2.38. The number of benzene rings is 2. The Morgan fingerprint density at radius 1 is 0.829 bits per heavy atom. The van der Waals surface area contributed by atoms with Crippen molar-refractivity contribution < 1.29 is 33.5 Å². The Bertz CT molecular complexity index is 1220. The fourth-order valence-electron chi connectivity index (χ4n) is 4.38. The maximum Gasteiger partial charge on any atom is 0.338 e. The maximum absolute atomic E-state index is 13.8. The number of nitro benzene ring substituents is 1. The molecule has 0 spiro atoms. The average molecular weight is 568 g/mol. The van der Waals surface area contributed by atoms with E-state index in [2.05, 4.69) is 0 Å². The molecule has 9 nitrogen and oxygen atoms in total. The fourth-order valence-corrected chi connectivity index (χ4v) is 4.38. The van der Waals surface area contributed by atoms with Gasteiger partial charge < -0.3 is 14.2 Å². The molecule has 41 heavy (non-hydrogen) atoms. The van der Waals surface area contributed by atoms with Crippen LogP contribution in [-0.4, -0.2) is 34.9 Å². The Labute approximate surface area is 242 Å². The van der Waals surface area contributed by atoms with E-state index < -0.39 is 40.9 Å². The molecule has 0 saturated heterocycles. The van der Waals surface area contributed by atoms with Gasteiger partial charge in [-0.25, -0.2) is 4.79 Å². The van der Waals surface area contributed by atoms with Gasteiger partial charge in [0.15, 0.2) is 0 Å². The van der Waals surface area contributed by atoms with Gasteiger partial charge in [0.05, 0.1) is 34.5 Å². The van der Waals surface area contributed by atoms with Gasteiger partial charge in [0.2, 0.25) is 0 Å². The van der Waals surface area contributed by atoms with Crippen molar-refractivity contribution in [2.24, 2.45) is 23.7 Å². The Morgan fingerprint density at radius 3 is 1.93 bits per heavy atom. The zero-order valence-electron chi connectivity index (χ0n) is 25.0. The quantitative estimate of drug-likeness (QED) is 0.105. The van der Waals surface area contributed by atoms with Crippen molar-refractivity contribution in [1.29, 1.82) is 0 Å². The zero-order valence-corrected chi connectivity index (χ0v) is 25.0. The van der Waals surface area contributed by atoms with Crippen LogP contribution in [0.1, 0.15) is 77.4 Å². The van der Waals surface area contributed by atoms with Crippen LogP contribution in [0.2, 0.25) is 0 Å². The second kappa shape index (κ2) is 15.2. The summed E-state index contributed by atoms with van der Waals surface area (Å²) in [6.07, 6.45) is -0.0894. The number of hydrogen-bond acceptors (Lipinski definition) is 8. The summed E-state index contributed by atoms with van der Waals surface area (Å²) in [5.41, 5.74) is 0.937. The van der Waals surface area contributed by atoms with E-state index in [9.17, 15) is 24.5 Å². The highest BCUT2D eigenvalue weighted by molar-refractivity contribution is 5.90. The van der Waals surface area contributed by atoms with E-state index in [-0.39, 0.29) is 35.0 Å². The van der Waals surface area contributed by atoms with Crippen molar-refractivity contribution in [2.45, 2.75) is 73.7 Å². The summed E-state index contributed by atoms with van der Waals surface area (Å²) < 4.78 is 17.7. The monoisotopic (exact) mass is 567 g/mol. The summed E-state index contributed by atoms with van der Waals surface area (Å²) in [7, 11) is 0. The Kier molecular flexibility index (Phi) is 12.4. The van der Waals surface area contributed by atoms with Gasteiger partial charge in [0.1, 0.15) is 17.6 Å². The van der Waals surface area contributed by atoms with E-state index in [1.54, 1.807) is 47.6 Å². The predicted octanol–water partition coefficient (Wildman–Crippen LogP) is 6.87. The lowest BCUT2D eigenvalue weighted by molar-refractivity contribution is -0.384. The Hall–Kier alpha value is -3.85. The molecule has 0 radical (unpaired) electrons. The van der Waals surface area contributed by atoms with Crippen molar-refractivity contribution in [3.63, 3.8) is 0 Å². The summed E-state index contributed by atoms with van der Waals surface area (Å²) >= 11 is 0. The number of hydrogen-bond donors (Lipinski definition) is 0. The molecule has 2 aromatic carbocycles. The van der Waals surface area contributed by atoms with Crippen LogP contribution in [0.5, 0.6) is 0 Å². The number of nitro groups is 1. The molecule has 0 aliphatic carbocycles. The standard InChI is InChI=1S/C32H41NO8/c1-9-28(41-31(35)19(2)3)21(5)30(39-24(8)25-13-11-10-12-14-25)22(6)29(34)20(4)23(7)40-32(36)26-15-17-27(18-16-26)33(37)38/h9-24,30H,1-8H3/b28-9-/t20-,21+,22+,23-,24-,30+/m0/s1. The van der Waals surface area contributed by atoms with Gasteiger partial charge >= 0.3 is 11.9 Å². The summed E-state index contributed by atoms with van der Waals surface area (Å²) in [5, 5.41) is 10.9. The highest BCUT2D eigenvalue weighted by atomic mass is 16.6. The number of carbonyl (C=O) groups is 3. The van der Waals surface area contributed by atoms with Crippen LogP contribution < -0.4 is 0 Å². The molecule has 2 rings (SSSR count). The summed E-state index contributed by atoms with van der Waals surface area (Å²) in [5.74, 6) is -2.95. The average Bonchev–Trinajstić information content (AvgIpc) is 2.97. The molecule has 0 N–H and O–H groups in total.